The maximum atomic E-state index is 13.7. The topological polar surface area (TPSA) is 197 Å². The molecule has 62 heavy (non-hydrogen) atoms. The number of nitrogens with one attached hydrogen (secondary N) is 1. The van der Waals surface area contributed by atoms with Crippen molar-refractivity contribution in [1.29, 1.82) is 0 Å². The second-order valence-electron chi connectivity index (χ2n) is 12.9. The third kappa shape index (κ3) is 11.6. The number of methoxy groups -OCH3 is 1. The van der Waals surface area contributed by atoms with Crippen LogP contribution in [0.25, 0.3) is 21.8 Å². The van der Waals surface area contributed by atoms with Gasteiger partial charge in [0.2, 0.25) is 0 Å². The Kier molecular flexibility index (Phi) is 14.1. The first kappa shape index (κ1) is 45.3. The standard InChI is InChI=1S/C22H17FN2O5S2.C16H13FN2O.C4H3ClO3S2/c1-13-11-19(17-12-14(23)3-8-18(17)24-13)30-16-6-4-15(5-7-16)25-32(27,28)20-9-10-31-21(20)22(26)29-2;1-10-8-16(20-13-5-3-12(18)4-6-13)14-9-11(17)2-7-15(14)19-10;5-3-1-2-4(9-3)10(6,7)8/h3-12,25H,1-2H3;2-9H,18H2,1H3;1-2H,(H,6,7,8). The minimum absolute atomic E-state index is 0.00730. The molecule has 20 heteroatoms. The molecule has 4 N–H and O–H groups in total. The highest BCUT2D eigenvalue weighted by atomic mass is 35.5. The molecule has 0 saturated heterocycles. The Bertz CT molecular complexity index is 3130. The summed E-state index contributed by atoms with van der Waals surface area (Å²) >= 11 is 7.21. The average molecular weight is 939 g/mol. The zero-order valence-corrected chi connectivity index (χ0v) is 36.5. The number of aryl methyl sites for hydroxylation is 2. The van der Waals surface area contributed by atoms with Gasteiger partial charge in [-0.25, -0.2) is 22.0 Å². The average Bonchev–Trinajstić information content (AvgIpc) is 3.91. The largest absolute Gasteiger partial charge is 0.465 e. The normalized spacial score (nSPS) is 11.2. The van der Waals surface area contributed by atoms with Gasteiger partial charge < -0.3 is 19.9 Å². The molecule has 0 amide bonds. The number of nitrogen functional groups attached to an aromatic ring is 1. The second-order valence-corrected chi connectivity index (χ2v) is 18.8. The number of fused-ring (bicyclic) bond motifs is 2. The summed E-state index contributed by atoms with van der Waals surface area (Å²) in [6, 6.07) is 29.5. The summed E-state index contributed by atoms with van der Waals surface area (Å²) < 4.78 is 101. The molecule has 4 heterocycles. The molecule has 0 radical (unpaired) electrons. The van der Waals surface area contributed by atoms with Crippen LogP contribution in [0, 0.1) is 25.5 Å². The van der Waals surface area contributed by atoms with E-state index in [1.54, 1.807) is 67.6 Å². The van der Waals surface area contributed by atoms with Crippen LogP contribution < -0.4 is 19.9 Å². The lowest BCUT2D eigenvalue weighted by Gasteiger charge is -2.12. The number of benzene rings is 4. The van der Waals surface area contributed by atoms with E-state index in [9.17, 15) is 30.4 Å². The molecule has 0 atom stereocenters. The van der Waals surface area contributed by atoms with Crippen molar-refractivity contribution in [2.45, 2.75) is 23.0 Å². The minimum Gasteiger partial charge on any atom is -0.465 e. The number of aromatic nitrogens is 2. The first-order valence-corrected chi connectivity index (χ1v) is 22.7. The Morgan fingerprint density at radius 3 is 1.71 bits per heavy atom. The van der Waals surface area contributed by atoms with Crippen molar-refractivity contribution in [3.05, 3.63) is 153 Å². The number of ether oxygens (including phenoxy) is 3. The van der Waals surface area contributed by atoms with E-state index in [2.05, 4.69) is 19.4 Å². The highest BCUT2D eigenvalue weighted by Gasteiger charge is 2.25. The zero-order valence-electron chi connectivity index (χ0n) is 32.5. The molecule has 0 unspecified atom stereocenters. The SMILES string of the molecule is COC(=O)c1sccc1S(=O)(=O)Nc1ccc(Oc2cc(C)nc3ccc(F)cc23)cc1.Cc1cc(Oc2ccc(N)cc2)c2cc(F)ccc2n1.O=S(=O)(O)c1ccc(Cl)s1. The fourth-order valence-electron chi connectivity index (χ4n) is 5.53. The first-order chi connectivity index (χ1) is 29.4. The number of carbonyl (C=O) groups is 1. The molecule has 0 spiro atoms. The Balaban J connectivity index is 0.000000180. The molecule has 8 rings (SSSR count). The Morgan fingerprint density at radius 2 is 1.26 bits per heavy atom. The first-order valence-electron chi connectivity index (χ1n) is 17.7. The van der Waals surface area contributed by atoms with Gasteiger partial charge in [-0.05, 0) is 122 Å². The van der Waals surface area contributed by atoms with Crippen LogP contribution in [-0.4, -0.2) is 44.4 Å². The number of sulfonamides is 1. The van der Waals surface area contributed by atoms with Gasteiger partial charge in [0, 0.05) is 45.7 Å². The summed E-state index contributed by atoms with van der Waals surface area (Å²) in [5, 5.41) is 2.67. The van der Waals surface area contributed by atoms with E-state index in [4.69, 9.17) is 31.4 Å². The third-order valence-corrected chi connectivity index (χ3v) is 13.3. The Morgan fingerprint density at radius 1 is 0.742 bits per heavy atom. The predicted octanol–water partition coefficient (Wildman–Crippen LogP) is 10.8. The van der Waals surface area contributed by atoms with Gasteiger partial charge in [-0.3, -0.25) is 19.2 Å². The number of carbonyl (C=O) groups excluding carboxylic acids is 1. The Labute approximate surface area is 367 Å². The van der Waals surface area contributed by atoms with E-state index in [1.165, 1.54) is 67.1 Å². The van der Waals surface area contributed by atoms with Crippen LogP contribution in [0.1, 0.15) is 21.1 Å². The van der Waals surface area contributed by atoms with Gasteiger partial charge in [-0.2, -0.15) is 8.42 Å². The maximum Gasteiger partial charge on any atom is 0.349 e. The number of anilines is 2. The summed E-state index contributed by atoms with van der Waals surface area (Å²) in [6.45, 7) is 3.68. The molecule has 0 aliphatic rings. The van der Waals surface area contributed by atoms with Crippen molar-refractivity contribution < 1.29 is 49.2 Å². The van der Waals surface area contributed by atoms with Gasteiger partial charge in [-0.1, -0.05) is 11.6 Å². The molecule has 8 aromatic rings. The summed E-state index contributed by atoms with van der Waals surface area (Å²) in [5.41, 5.74) is 9.41. The maximum absolute atomic E-state index is 13.7. The third-order valence-electron chi connectivity index (χ3n) is 8.26. The van der Waals surface area contributed by atoms with Crippen LogP contribution in [0.5, 0.6) is 23.0 Å². The number of pyridine rings is 2. The molecular formula is C42H33ClF2N4O9S4. The van der Waals surface area contributed by atoms with Crippen molar-refractivity contribution >= 4 is 93.6 Å². The molecule has 320 valence electrons. The van der Waals surface area contributed by atoms with Crippen LogP contribution in [0.4, 0.5) is 20.2 Å². The number of hydrogen-bond donors (Lipinski definition) is 3. The highest BCUT2D eigenvalue weighted by molar-refractivity contribution is 7.93. The van der Waals surface area contributed by atoms with Crippen LogP contribution in [-0.2, 0) is 24.9 Å². The van der Waals surface area contributed by atoms with Crippen LogP contribution in [0.15, 0.2) is 130 Å². The molecule has 0 bridgehead atoms. The number of halogens is 3. The summed E-state index contributed by atoms with van der Waals surface area (Å²) in [5.74, 6) is 0.645. The predicted molar refractivity (Wildman–Crippen MR) is 236 cm³/mol. The number of esters is 1. The van der Waals surface area contributed by atoms with E-state index in [1.807, 2.05) is 6.92 Å². The van der Waals surface area contributed by atoms with Gasteiger partial charge in [-0.15, -0.1) is 22.7 Å². The second kappa shape index (κ2) is 19.2. The lowest BCUT2D eigenvalue weighted by atomic mass is 10.2. The van der Waals surface area contributed by atoms with Gasteiger partial charge in [0.1, 0.15) is 48.6 Å². The molecule has 4 aromatic heterocycles. The van der Waals surface area contributed by atoms with Crippen molar-refractivity contribution in [1.82, 2.24) is 9.97 Å². The monoisotopic (exact) mass is 938 g/mol. The lowest BCUT2D eigenvalue weighted by Crippen LogP contribution is -2.15. The quantitative estimate of drug-likeness (QED) is 0.0704. The zero-order chi connectivity index (χ0) is 44.8. The minimum atomic E-state index is -4.05. The molecule has 4 aromatic carbocycles. The number of nitrogens with zero attached hydrogens (tertiary/aromatic N) is 2. The molecule has 0 fully saturated rings. The lowest BCUT2D eigenvalue weighted by molar-refractivity contribution is 0.0602. The van der Waals surface area contributed by atoms with E-state index >= 15 is 0 Å². The summed E-state index contributed by atoms with van der Waals surface area (Å²) in [4.78, 5) is 20.4. The van der Waals surface area contributed by atoms with Crippen molar-refractivity contribution in [3.63, 3.8) is 0 Å². The summed E-state index contributed by atoms with van der Waals surface area (Å²) in [7, 11) is -6.86. The molecule has 0 aliphatic carbocycles. The van der Waals surface area contributed by atoms with Gasteiger partial charge in [0.05, 0.1) is 22.5 Å². The van der Waals surface area contributed by atoms with Crippen molar-refractivity contribution in [2.24, 2.45) is 0 Å². The van der Waals surface area contributed by atoms with Gasteiger partial charge in [0.25, 0.3) is 10.0 Å². The van der Waals surface area contributed by atoms with Gasteiger partial charge in [0.15, 0.2) is 0 Å². The molecule has 13 nitrogen and oxygen atoms in total. The molecular weight excluding hydrogens is 906 g/mol. The number of hydrogen-bond acceptors (Lipinski definition) is 13. The van der Waals surface area contributed by atoms with E-state index < -0.39 is 31.9 Å². The Hall–Kier alpha value is -6.22. The highest BCUT2D eigenvalue weighted by Crippen LogP contribution is 2.33. The fraction of sp³-hybridized carbons (Fsp3) is 0.0714. The van der Waals surface area contributed by atoms with E-state index in [0.29, 0.717) is 60.5 Å². The van der Waals surface area contributed by atoms with Crippen LogP contribution in [0.2, 0.25) is 4.34 Å². The van der Waals surface area contributed by atoms with E-state index in [-0.39, 0.29) is 25.5 Å². The van der Waals surface area contributed by atoms with Gasteiger partial charge >= 0.3 is 16.1 Å². The smallest absolute Gasteiger partial charge is 0.349 e. The summed E-state index contributed by atoms with van der Waals surface area (Å²) in [6.07, 6.45) is 0. The number of thiophene rings is 2. The fourth-order valence-corrected chi connectivity index (χ4v) is 9.77. The van der Waals surface area contributed by atoms with Crippen molar-refractivity contribution in [3.8, 4) is 23.0 Å². The molecule has 0 aliphatic heterocycles. The van der Waals surface area contributed by atoms with E-state index in [0.717, 1.165) is 28.4 Å². The molecule has 0 saturated carbocycles. The van der Waals surface area contributed by atoms with Crippen LogP contribution in [0.3, 0.4) is 0 Å². The van der Waals surface area contributed by atoms with Crippen LogP contribution >= 0.6 is 34.3 Å². The van der Waals surface area contributed by atoms with Crippen molar-refractivity contribution in [2.75, 3.05) is 17.6 Å². The number of rotatable bonds is 9. The number of nitrogens with two attached hydrogens (primary N) is 1.